The van der Waals surface area contributed by atoms with Crippen molar-refractivity contribution in [1.29, 1.82) is 5.26 Å². The molecule has 0 amide bonds. The number of nitriles is 1. The van der Waals surface area contributed by atoms with E-state index in [2.05, 4.69) is 6.07 Å². The maximum atomic E-state index is 12.2. The van der Waals surface area contributed by atoms with Crippen molar-refractivity contribution in [1.82, 2.24) is 0 Å². The number of esters is 1. The molecule has 1 unspecified atom stereocenters. The van der Waals surface area contributed by atoms with Crippen LogP contribution in [0.3, 0.4) is 0 Å². The Labute approximate surface area is 146 Å². The van der Waals surface area contributed by atoms with Gasteiger partial charge in [-0.25, -0.2) is 4.79 Å². The summed E-state index contributed by atoms with van der Waals surface area (Å²) in [6.07, 6.45) is 0.158. The molecule has 5 heteroatoms. The van der Waals surface area contributed by atoms with Gasteiger partial charge >= 0.3 is 5.97 Å². The van der Waals surface area contributed by atoms with E-state index >= 15 is 0 Å². The second kappa shape index (κ2) is 6.33. The fourth-order valence-electron chi connectivity index (χ4n) is 3.31. The topological polar surface area (TPSA) is 85.3 Å². The highest BCUT2D eigenvalue weighted by Gasteiger charge is 2.43. The largest absolute Gasteiger partial charge is 0.497 e. The maximum absolute atomic E-state index is 12.2. The number of methoxy groups -OCH3 is 2. The number of hydrogen-bond donors (Lipinski definition) is 1. The summed E-state index contributed by atoms with van der Waals surface area (Å²) >= 11 is 0. The van der Waals surface area contributed by atoms with Gasteiger partial charge in [-0.3, -0.25) is 0 Å². The van der Waals surface area contributed by atoms with Crippen LogP contribution >= 0.6 is 0 Å². The molecular formula is C20H18N2O3. The van der Waals surface area contributed by atoms with Crippen molar-refractivity contribution >= 4 is 11.7 Å². The molecule has 0 heterocycles. The van der Waals surface area contributed by atoms with Gasteiger partial charge in [0.1, 0.15) is 11.2 Å². The molecule has 0 saturated carbocycles. The first-order valence-corrected chi connectivity index (χ1v) is 7.80. The van der Waals surface area contributed by atoms with Gasteiger partial charge in [-0.05, 0) is 23.3 Å². The van der Waals surface area contributed by atoms with Crippen LogP contribution in [-0.2, 0) is 14.9 Å². The third-order valence-electron chi connectivity index (χ3n) is 4.65. The van der Waals surface area contributed by atoms with Gasteiger partial charge in [0.05, 0.1) is 25.9 Å². The van der Waals surface area contributed by atoms with Gasteiger partial charge in [-0.1, -0.05) is 36.4 Å². The Hall–Kier alpha value is -3.26. The minimum Gasteiger partial charge on any atom is -0.497 e. The van der Waals surface area contributed by atoms with Crippen LogP contribution in [0.5, 0.6) is 5.75 Å². The van der Waals surface area contributed by atoms with E-state index in [4.69, 9.17) is 15.2 Å². The van der Waals surface area contributed by atoms with Crippen LogP contribution in [-0.4, -0.2) is 20.2 Å². The fraction of sp³-hybridized carbons (Fsp3) is 0.200. The van der Waals surface area contributed by atoms with Crippen LogP contribution in [0.25, 0.3) is 5.70 Å². The van der Waals surface area contributed by atoms with Gasteiger partial charge in [0.15, 0.2) is 0 Å². The summed E-state index contributed by atoms with van der Waals surface area (Å²) in [6.45, 7) is 0. The number of rotatable bonds is 3. The molecule has 126 valence electrons. The third kappa shape index (κ3) is 2.52. The first-order valence-electron chi connectivity index (χ1n) is 7.80. The second-order valence-corrected chi connectivity index (χ2v) is 5.85. The molecule has 0 aliphatic heterocycles. The van der Waals surface area contributed by atoms with Crippen molar-refractivity contribution in [2.24, 2.45) is 5.73 Å². The summed E-state index contributed by atoms with van der Waals surface area (Å²) in [6, 6.07) is 17.1. The lowest BCUT2D eigenvalue weighted by Gasteiger charge is -2.34. The lowest BCUT2D eigenvalue weighted by Crippen LogP contribution is -2.34. The molecule has 2 aromatic rings. The third-order valence-corrected chi connectivity index (χ3v) is 4.65. The van der Waals surface area contributed by atoms with Gasteiger partial charge in [-0.2, -0.15) is 5.26 Å². The van der Waals surface area contributed by atoms with Gasteiger partial charge in [0, 0.05) is 17.7 Å². The predicted octanol–water partition coefficient (Wildman–Crippen LogP) is 2.75. The van der Waals surface area contributed by atoms with Crippen molar-refractivity contribution in [3.05, 3.63) is 70.8 Å². The molecule has 0 bridgehead atoms. The maximum Gasteiger partial charge on any atom is 0.335 e. The van der Waals surface area contributed by atoms with Crippen LogP contribution in [0.1, 0.15) is 23.1 Å². The highest BCUT2D eigenvalue weighted by Crippen LogP contribution is 2.45. The van der Waals surface area contributed by atoms with Crippen molar-refractivity contribution in [3.63, 3.8) is 0 Å². The first kappa shape index (κ1) is 16.6. The van der Waals surface area contributed by atoms with Gasteiger partial charge in [-0.15, -0.1) is 0 Å². The summed E-state index contributed by atoms with van der Waals surface area (Å²) in [5.74, 6) is 0.185. The zero-order chi connectivity index (χ0) is 18.0. The minimum atomic E-state index is -1.02. The number of fused-ring (bicyclic) bond motifs is 1. The molecule has 0 spiro atoms. The van der Waals surface area contributed by atoms with E-state index in [9.17, 15) is 10.1 Å². The Morgan fingerprint density at radius 3 is 2.44 bits per heavy atom. The van der Waals surface area contributed by atoms with Crippen molar-refractivity contribution in [3.8, 4) is 11.8 Å². The lowest BCUT2D eigenvalue weighted by molar-refractivity contribution is -0.136. The van der Waals surface area contributed by atoms with Crippen molar-refractivity contribution in [2.45, 2.75) is 11.8 Å². The lowest BCUT2D eigenvalue weighted by atomic mass is 9.66. The van der Waals surface area contributed by atoms with Gasteiger partial charge in [0.2, 0.25) is 0 Å². The Kier molecular flexibility index (Phi) is 4.20. The Bertz CT molecular complexity index is 894. The molecule has 25 heavy (non-hydrogen) atoms. The number of nitrogens with two attached hydrogens (primary N) is 1. The Morgan fingerprint density at radius 1 is 1.16 bits per heavy atom. The molecule has 2 aromatic carbocycles. The highest BCUT2D eigenvalue weighted by atomic mass is 16.5. The fourth-order valence-corrected chi connectivity index (χ4v) is 3.31. The summed E-state index contributed by atoms with van der Waals surface area (Å²) < 4.78 is 10.1. The summed E-state index contributed by atoms with van der Waals surface area (Å²) in [5, 5.41) is 10.1. The molecule has 1 atom stereocenters. The molecule has 1 aliphatic rings. The number of benzene rings is 2. The molecule has 0 fully saturated rings. The normalized spacial score (nSPS) is 18.9. The number of hydrogen-bond acceptors (Lipinski definition) is 5. The summed E-state index contributed by atoms with van der Waals surface area (Å²) in [4.78, 5) is 12.2. The van der Waals surface area contributed by atoms with E-state index in [0.717, 1.165) is 11.1 Å². The molecule has 1 aliphatic carbocycles. The Morgan fingerprint density at radius 2 is 1.84 bits per heavy atom. The second-order valence-electron chi connectivity index (χ2n) is 5.85. The SMILES string of the molecule is COC(=O)C1=C(N)c2ccccc2C(C#N)(c2ccc(OC)cc2)C1. The van der Waals surface area contributed by atoms with E-state index < -0.39 is 11.4 Å². The average Bonchev–Trinajstić information content (AvgIpc) is 2.68. The zero-order valence-corrected chi connectivity index (χ0v) is 14.1. The summed E-state index contributed by atoms with van der Waals surface area (Å²) in [7, 11) is 2.90. The van der Waals surface area contributed by atoms with Crippen LogP contribution in [0.4, 0.5) is 0 Å². The van der Waals surface area contributed by atoms with Crippen LogP contribution in [0.15, 0.2) is 54.1 Å². The highest BCUT2D eigenvalue weighted by molar-refractivity contribution is 5.99. The molecule has 2 N–H and O–H groups in total. The minimum absolute atomic E-state index is 0.158. The number of carbonyl (C=O) groups excluding carboxylic acids is 1. The van der Waals surface area contributed by atoms with Crippen LogP contribution in [0, 0.1) is 11.3 Å². The number of ether oxygens (including phenoxy) is 2. The zero-order valence-electron chi connectivity index (χ0n) is 14.1. The van der Waals surface area contributed by atoms with E-state index in [0.29, 0.717) is 22.6 Å². The number of nitrogens with zero attached hydrogens (tertiary/aromatic N) is 1. The number of carbonyl (C=O) groups is 1. The van der Waals surface area contributed by atoms with Crippen molar-refractivity contribution < 1.29 is 14.3 Å². The van der Waals surface area contributed by atoms with Crippen LogP contribution < -0.4 is 10.5 Å². The van der Waals surface area contributed by atoms with E-state index in [-0.39, 0.29) is 6.42 Å². The first-order chi connectivity index (χ1) is 12.1. The molecule has 0 saturated heterocycles. The average molecular weight is 334 g/mol. The van der Waals surface area contributed by atoms with E-state index in [1.165, 1.54) is 7.11 Å². The Balaban J connectivity index is 2.26. The van der Waals surface area contributed by atoms with Crippen molar-refractivity contribution in [2.75, 3.05) is 14.2 Å². The monoisotopic (exact) mass is 334 g/mol. The van der Waals surface area contributed by atoms with Crippen LogP contribution in [0.2, 0.25) is 0 Å². The van der Waals surface area contributed by atoms with E-state index in [1.807, 2.05) is 36.4 Å². The smallest absolute Gasteiger partial charge is 0.335 e. The predicted molar refractivity (Wildman–Crippen MR) is 93.6 cm³/mol. The molecule has 5 nitrogen and oxygen atoms in total. The molecular weight excluding hydrogens is 316 g/mol. The van der Waals surface area contributed by atoms with Gasteiger partial charge < -0.3 is 15.2 Å². The quantitative estimate of drug-likeness (QED) is 0.872. The standard InChI is InChI=1S/C20H18N2O3/c1-24-14-9-7-13(8-10-14)20(12-21)11-16(19(23)25-2)18(22)15-5-3-4-6-17(15)20/h3-10H,11,22H2,1-2H3. The molecule has 3 rings (SSSR count). The molecule has 0 radical (unpaired) electrons. The van der Waals surface area contributed by atoms with E-state index in [1.54, 1.807) is 19.2 Å². The summed E-state index contributed by atoms with van der Waals surface area (Å²) in [5.41, 5.74) is 8.13. The molecule has 0 aromatic heterocycles. The van der Waals surface area contributed by atoms with Gasteiger partial charge in [0.25, 0.3) is 0 Å².